The number of aliphatic carboxylic acids is 1. The third kappa shape index (κ3) is 3.00. The molecule has 0 bridgehead atoms. The van der Waals surface area contributed by atoms with Crippen LogP contribution in [0.5, 0.6) is 0 Å². The van der Waals surface area contributed by atoms with Crippen LogP contribution in [0.25, 0.3) is 0 Å². The zero-order chi connectivity index (χ0) is 15.5. The number of hydrogen-bond acceptors (Lipinski definition) is 3. The van der Waals surface area contributed by atoms with Gasteiger partial charge in [-0.15, -0.1) is 0 Å². The maximum atomic E-state index is 11.9. The van der Waals surface area contributed by atoms with Crippen LogP contribution in [-0.4, -0.2) is 38.0 Å². The number of nitrogens with zero attached hydrogens (tertiary/aromatic N) is 3. The molecule has 0 radical (unpaired) electrons. The Morgan fingerprint density at radius 3 is 2.73 bits per heavy atom. The fourth-order valence-corrected chi connectivity index (χ4v) is 2.68. The minimum absolute atomic E-state index is 0.0781. The lowest BCUT2D eigenvalue weighted by molar-refractivity contribution is -0.141. The molecule has 1 saturated heterocycles. The van der Waals surface area contributed by atoms with Crippen LogP contribution in [0.4, 0.5) is 0 Å². The molecule has 2 aromatic rings. The zero-order valence-corrected chi connectivity index (χ0v) is 12.1. The molecule has 22 heavy (non-hydrogen) atoms. The zero-order valence-electron chi connectivity index (χ0n) is 12.1. The Kier molecular flexibility index (Phi) is 3.91. The van der Waals surface area contributed by atoms with E-state index in [0.29, 0.717) is 13.1 Å². The van der Waals surface area contributed by atoms with E-state index in [0.717, 1.165) is 11.4 Å². The number of carboxylic acid groups (broad SMARTS) is 1. The smallest absolute Gasteiger partial charge is 0.308 e. The Hall–Kier alpha value is -2.63. The summed E-state index contributed by atoms with van der Waals surface area (Å²) < 4.78 is 1.98. The summed E-state index contributed by atoms with van der Waals surface area (Å²) in [5.74, 6) is -0.876. The highest BCUT2D eigenvalue weighted by atomic mass is 16.4. The average Bonchev–Trinajstić information content (AvgIpc) is 3.08. The number of benzene rings is 1. The third-order valence-electron chi connectivity index (χ3n) is 3.89. The Bertz CT molecular complexity index is 681. The highest BCUT2D eigenvalue weighted by Crippen LogP contribution is 2.20. The van der Waals surface area contributed by atoms with Gasteiger partial charge in [0.15, 0.2) is 0 Å². The lowest BCUT2D eigenvalue weighted by atomic mass is 10.1. The fraction of sp³-hybridized carbons (Fsp3) is 0.312. The van der Waals surface area contributed by atoms with E-state index in [1.54, 1.807) is 11.1 Å². The van der Waals surface area contributed by atoms with Crippen molar-refractivity contribution in [3.63, 3.8) is 0 Å². The van der Waals surface area contributed by atoms with E-state index in [1.807, 2.05) is 41.1 Å². The number of carboxylic acids is 1. The van der Waals surface area contributed by atoms with E-state index in [1.165, 1.54) is 0 Å². The van der Waals surface area contributed by atoms with Crippen molar-refractivity contribution < 1.29 is 14.7 Å². The minimum atomic E-state index is -0.913. The van der Waals surface area contributed by atoms with Crippen LogP contribution in [-0.2, 0) is 22.7 Å². The van der Waals surface area contributed by atoms with E-state index < -0.39 is 11.9 Å². The van der Waals surface area contributed by atoms with E-state index in [-0.39, 0.29) is 18.9 Å². The molecular formula is C16H17N3O3. The standard InChI is InChI=1S/C16H17N3O3/c20-15-8-13(16(21)22)10-19(15)11-14-17-6-7-18(14)9-12-4-2-1-3-5-12/h1-7,13H,8-11H2,(H,21,22). The fourth-order valence-electron chi connectivity index (χ4n) is 2.68. The highest BCUT2D eigenvalue weighted by Gasteiger charge is 2.34. The second kappa shape index (κ2) is 6.01. The van der Waals surface area contributed by atoms with E-state index in [4.69, 9.17) is 5.11 Å². The largest absolute Gasteiger partial charge is 0.481 e. The number of aromatic nitrogens is 2. The topological polar surface area (TPSA) is 75.4 Å². The second-order valence-corrected chi connectivity index (χ2v) is 5.47. The van der Waals surface area contributed by atoms with Crippen LogP contribution < -0.4 is 0 Å². The van der Waals surface area contributed by atoms with Gasteiger partial charge in [0.25, 0.3) is 0 Å². The number of imidazole rings is 1. The van der Waals surface area contributed by atoms with E-state index in [2.05, 4.69) is 4.98 Å². The summed E-state index contributed by atoms with van der Waals surface area (Å²) in [6, 6.07) is 9.99. The molecule has 6 heteroatoms. The van der Waals surface area contributed by atoms with Crippen molar-refractivity contribution in [1.82, 2.24) is 14.5 Å². The van der Waals surface area contributed by atoms with Crippen molar-refractivity contribution in [2.45, 2.75) is 19.5 Å². The average molecular weight is 299 g/mol. The van der Waals surface area contributed by atoms with Gasteiger partial charge in [-0.3, -0.25) is 9.59 Å². The third-order valence-corrected chi connectivity index (χ3v) is 3.89. The van der Waals surface area contributed by atoms with E-state index >= 15 is 0 Å². The van der Waals surface area contributed by atoms with Gasteiger partial charge in [0.05, 0.1) is 12.5 Å². The quantitative estimate of drug-likeness (QED) is 0.904. The second-order valence-electron chi connectivity index (χ2n) is 5.47. The molecule has 2 heterocycles. The molecule has 1 fully saturated rings. The first-order chi connectivity index (χ1) is 10.6. The van der Waals surface area contributed by atoms with Gasteiger partial charge in [0, 0.05) is 31.9 Å². The van der Waals surface area contributed by atoms with Crippen LogP contribution in [0.3, 0.4) is 0 Å². The molecule has 1 N–H and O–H groups in total. The summed E-state index contributed by atoms with van der Waals surface area (Å²) in [7, 11) is 0. The first-order valence-electron chi connectivity index (χ1n) is 7.18. The van der Waals surface area contributed by atoms with Gasteiger partial charge < -0.3 is 14.6 Å². The van der Waals surface area contributed by atoms with Crippen molar-refractivity contribution >= 4 is 11.9 Å². The SMILES string of the molecule is O=C(O)C1CC(=O)N(Cc2nccn2Cc2ccccc2)C1. The van der Waals surface area contributed by atoms with Crippen molar-refractivity contribution in [2.24, 2.45) is 5.92 Å². The predicted octanol–water partition coefficient (Wildman–Crippen LogP) is 1.36. The van der Waals surface area contributed by atoms with Crippen LogP contribution in [0, 0.1) is 5.92 Å². The summed E-state index contributed by atoms with van der Waals surface area (Å²) in [6.45, 7) is 1.29. The maximum Gasteiger partial charge on any atom is 0.308 e. The summed E-state index contributed by atoms with van der Waals surface area (Å²) in [4.78, 5) is 28.8. The van der Waals surface area contributed by atoms with Gasteiger partial charge in [-0.1, -0.05) is 30.3 Å². The van der Waals surface area contributed by atoms with Gasteiger partial charge in [0.2, 0.25) is 5.91 Å². The van der Waals surface area contributed by atoms with Crippen molar-refractivity contribution in [3.05, 3.63) is 54.1 Å². The first kappa shape index (κ1) is 14.3. The first-order valence-corrected chi connectivity index (χ1v) is 7.18. The Labute approximate surface area is 128 Å². The molecule has 1 unspecified atom stereocenters. The van der Waals surface area contributed by atoms with Crippen LogP contribution in [0.15, 0.2) is 42.7 Å². The van der Waals surface area contributed by atoms with Gasteiger partial charge in [-0.25, -0.2) is 4.98 Å². The van der Waals surface area contributed by atoms with Crippen LogP contribution >= 0.6 is 0 Å². The summed E-state index contributed by atoms with van der Waals surface area (Å²) in [6.07, 6.45) is 3.65. The maximum absolute atomic E-state index is 11.9. The van der Waals surface area contributed by atoms with Crippen LogP contribution in [0.2, 0.25) is 0 Å². The normalized spacial score (nSPS) is 17.9. The summed E-state index contributed by atoms with van der Waals surface area (Å²) >= 11 is 0. The number of likely N-dealkylation sites (tertiary alicyclic amines) is 1. The Morgan fingerprint density at radius 2 is 2.05 bits per heavy atom. The molecule has 1 aliphatic heterocycles. The summed E-state index contributed by atoms with van der Waals surface area (Å²) in [5.41, 5.74) is 1.15. The minimum Gasteiger partial charge on any atom is -0.481 e. The number of rotatable bonds is 5. The molecular weight excluding hydrogens is 282 g/mol. The van der Waals surface area contributed by atoms with Crippen molar-refractivity contribution in [1.29, 1.82) is 0 Å². The molecule has 1 aromatic carbocycles. The number of carbonyl (C=O) groups is 2. The van der Waals surface area contributed by atoms with Gasteiger partial charge >= 0.3 is 5.97 Å². The number of amides is 1. The molecule has 1 aromatic heterocycles. The highest BCUT2D eigenvalue weighted by molar-refractivity contribution is 5.85. The number of hydrogen-bond donors (Lipinski definition) is 1. The Morgan fingerprint density at radius 1 is 1.27 bits per heavy atom. The lowest BCUT2D eigenvalue weighted by Crippen LogP contribution is -2.27. The van der Waals surface area contributed by atoms with E-state index in [9.17, 15) is 9.59 Å². The van der Waals surface area contributed by atoms with Gasteiger partial charge in [0.1, 0.15) is 5.82 Å². The number of carbonyl (C=O) groups excluding carboxylic acids is 1. The predicted molar refractivity (Wildman–Crippen MR) is 78.9 cm³/mol. The van der Waals surface area contributed by atoms with Crippen molar-refractivity contribution in [3.8, 4) is 0 Å². The molecule has 0 aliphatic carbocycles. The molecule has 1 atom stereocenters. The van der Waals surface area contributed by atoms with Crippen LogP contribution in [0.1, 0.15) is 17.8 Å². The molecule has 3 rings (SSSR count). The molecule has 0 spiro atoms. The lowest BCUT2D eigenvalue weighted by Gasteiger charge is -2.16. The van der Waals surface area contributed by atoms with Gasteiger partial charge in [-0.05, 0) is 5.56 Å². The molecule has 1 amide bonds. The summed E-state index contributed by atoms with van der Waals surface area (Å²) in [5, 5.41) is 9.02. The monoisotopic (exact) mass is 299 g/mol. The molecule has 114 valence electrons. The molecule has 0 saturated carbocycles. The van der Waals surface area contributed by atoms with Crippen molar-refractivity contribution in [2.75, 3.05) is 6.54 Å². The Balaban J connectivity index is 1.70. The molecule has 1 aliphatic rings. The molecule has 6 nitrogen and oxygen atoms in total. The van der Waals surface area contributed by atoms with Gasteiger partial charge in [-0.2, -0.15) is 0 Å².